The van der Waals surface area contributed by atoms with E-state index in [-0.39, 0.29) is 5.56 Å². The maximum atomic E-state index is 13.4. The molecule has 1 aromatic heterocycles. The Morgan fingerprint density at radius 3 is 2.65 bits per heavy atom. The summed E-state index contributed by atoms with van der Waals surface area (Å²) in [5.41, 5.74) is -0.744. The summed E-state index contributed by atoms with van der Waals surface area (Å²) in [6, 6.07) is 14.0. The molecule has 1 unspecified atom stereocenters. The molecule has 1 amide bonds. The average Bonchev–Trinajstić information content (AvgIpc) is 3.35. The van der Waals surface area contributed by atoms with Crippen LogP contribution in [-0.4, -0.2) is 31.0 Å². The number of halogens is 1. The largest absolute Gasteiger partial charge is 0.497 e. The second-order valence-corrected chi connectivity index (χ2v) is 9.11. The van der Waals surface area contributed by atoms with Crippen LogP contribution in [0.4, 0.5) is 5.69 Å². The Labute approximate surface area is 192 Å². The monoisotopic (exact) mass is 501 g/mol. The molecule has 1 aliphatic rings. The summed E-state index contributed by atoms with van der Waals surface area (Å²) in [4.78, 5) is 29.2. The number of Topliss-reactive ketones (excluding diaryl/α,β-unsaturated/α-hetero) is 1. The molecule has 2 aromatic carbocycles. The first-order valence-corrected chi connectivity index (χ1v) is 11.2. The molecule has 1 aliphatic heterocycles. The molecule has 0 aliphatic carbocycles. The smallest absolute Gasteiger partial charge is 0.264 e. The van der Waals surface area contributed by atoms with Crippen LogP contribution in [0.2, 0.25) is 0 Å². The van der Waals surface area contributed by atoms with Gasteiger partial charge in [0.05, 0.1) is 38.4 Å². The molecule has 2 heterocycles. The van der Waals surface area contributed by atoms with Crippen LogP contribution in [0.15, 0.2) is 58.4 Å². The summed E-state index contributed by atoms with van der Waals surface area (Å²) >= 11 is 4.94. The fraction of sp³-hybridized carbons (Fsp3) is 0.217. The Morgan fingerprint density at radius 2 is 1.97 bits per heavy atom. The Morgan fingerprint density at radius 1 is 1.16 bits per heavy atom. The molecular formula is C23H20BrNO5S. The van der Waals surface area contributed by atoms with E-state index in [2.05, 4.69) is 15.9 Å². The molecule has 1 N–H and O–H groups in total. The minimum absolute atomic E-state index is 0.247. The lowest BCUT2D eigenvalue weighted by Gasteiger charge is -2.23. The zero-order valence-corrected chi connectivity index (χ0v) is 19.3. The van der Waals surface area contributed by atoms with E-state index >= 15 is 0 Å². The second kappa shape index (κ2) is 8.45. The molecule has 6 nitrogen and oxygen atoms in total. The van der Waals surface area contributed by atoms with Crippen LogP contribution in [0.25, 0.3) is 0 Å². The van der Waals surface area contributed by atoms with Crippen LogP contribution >= 0.6 is 27.3 Å². The van der Waals surface area contributed by atoms with Gasteiger partial charge in [-0.3, -0.25) is 9.59 Å². The van der Waals surface area contributed by atoms with Crippen LogP contribution in [0.1, 0.15) is 27.2 Å². The number of benzene rings is 2. The van der Waals surface area contributed by atoms with Gasteiger partial charge in [0.1, 0.15) is 11.5 Å². The van der Waals surface area contributed by atoms with E-state index in [1.54, 1.807) is 30.3 Å². The van der Waals surface area contributed by atoms with E-state index in [4.69, 9.17) is 9.47 Å². The van der Waals surface area contributed by atoms with Crippen molar-refractivity contribution in [2.75, 3.05) is 19.1 Å². The minimum atomic E-state index is -1.98. The molecule has 31 heavy (non-hydrogen) atoms. The number of amides is 1. The lowest BCUT2D eigenvalue weighted by Crippen LogP contribution is -2.41. The van der Waals surface area contributed by atoms with E-state index < -0.39 is 23.7 Å². The van der Waals surface area contributed by atoms with Crippen molar-refractivity contribution < 1.29 is 24.2 Å². The Hall–Kier alpha value is -2.68. The van der Waals surface area contributed by atoms with Crippen molar-refractivity contribution in [1.82, 2.24) is 0 Å². The summed E-state index contributed by atoms with van der Waals surface area (Å²) in [5.74, 6) is -0.110. The maximum absolute atomic E-state index is 13.4. The lowest BCUT2D eigenvalue weighted by atomic mass is 9.88. The molecule has 0 fully saturated rings. The van der Waals surface area contributed by atoms with Crippen molar-refractivity contribution in [2.45, 2.75) is 18.6 Å². The number of carbonyl (C=O) groups excluding carboxylic acids is 2. The minimum Gasteiger partial charge on any atom is -0.497 e. The van der Waals surface area contributed by atoms with Crippen molar-refractivity contribution in [3.05, 3.63) is 74.4 Å². The standard InChI is InChI=1S/C23H20BrNO5S/c1-29-15-6-8-21(30-2)17(11-15)20(26)12-23(28)18-10-14(24)5-7-19(18)25(22(23)27)13-16-4-3-9-31-16/h3-11,28H,12-13H2,1-2H3. The predicted octanol–water partition coefficient (Wildman–Crippen LogP) is 4.54. The zero-order chi connectivity index (χ0) is 22.2. The van der Waals surface area contributed by atoms with E-state index in [1.165, 1.54) is 30.5 Å². The number of ether oxygens (including phenoxy) is 2. The third kappa shape index (κ3) is 3.86. The highest BCUT2D eigenvalue weighted by molar-refractivity contribution is 9.10. The first-order chi connectivity index (χ1) is 14.9. The van der Waals surface area contributed by atoms with Gasteiger partial charge in [0.2, 0.25) is 0 Å². The molecule has 0 radical (unpaired) electrons. The highest BCUT2D eigenvalue weighted by atomic mass is 79.9. The van der Waals surface area contributed by atoms with Crippen LogP contribution in [-0.2, 0) is 16.9 Å². The van der Waals surface area contributed by atoms with Crippen molar-refractivity contribution >= 4 is 44.6 Å². The fourth-order valence-corrected chi connectivity index (χ4v) is 4.82. The summed E-state index contributed by atoms with van der Waals surface area (Å²) in [6.45, 7) is 0.324. The second-order valence-electron chi connectivity index (χ2n) is 7.16. The van der Waals surface area contributed by atoms with Crippen molar-refractivity contribution in [3.8, 4) is 11.5 Å². The van der Waals surface area contributed by atoms with Gasteiger partial charge < -0.3 is 19.5 Å². The quantitative estimate of drug-likeness (QED) is 0.481. The molecular weight excluding hydrogens is 482 g/mol. The first kappa shape index (κ1) is 21.5. The number of thiophene rings is 1. The number of anilines is 1. The number of ketones is 1. The van der Waals surface area contributed by atoms with Crippen LogP contribution < -0.4 is 14.4 Å². The Bertz CT molecular complexity index is 1150. The van der Waals surface area contributed by atoms with Crippen molar-refractivity contribution in [3.63, 3.8) is 0 Å². The number of aliphatic hydroxyl groups is 1. The molecule has 1 atom stereocenters. The average molecular weight is 502 g/mol. The van der Waals surface area contributed by atoms with Crippen molar-refractivity contribution in [2.24, 2.45) is 0 Å². The molecule has 4 rings (SSSR count). The number of nitrogens with zero attached hydrogens (tertiary/aromatic N) is 1. The van der Waals surface area contributed by atoms with Gasteiger partial charge in [-0.15, -0.1) is 11.3 Å². The van der Waals surface area contributed by atoms with Crippen LogP contribution in [0, 0.1) is 0 Å². The van der Waals surface area contributed by atoms with E-state index in [1.807, 2.05) is 23.6 Å². The lowest BCUT2D eigenvalue weighted by molar-refractivity contribution is -0.136. The summed E-state index contributed by atoms with van der Waals surface area (Å²) in [5, 5.41) is 13.5. The SMILES string of the molecule is COc1ccc(OC)c(C(=O)CC2(O)C(=O)N(Cc3cccs3)c3ccc(Br)cc32)c1. The summed E-state index contributed by atoms with van der Waals surface area (Å²) in [6.07, 6.45) is -0.417. The molecule has 8 heteroatoms. The number of rotatable bonds is 7. The summed E-state index contributed by atoms with van der Waals surface area (Å²) in [7, 11) is 2.96. The maximum Gasteiger partial charge on any atom is 0.264 e. The first-order valence-electron chi connectivity index (χ1n) is 9.49. The topological polar surface area (TPSA) is 76.1 Å². The third-order valence-electron chi connectivity index (χ3n) is 5.31. The van der Waals surface area contributed by atoms with Gasteiger partial charge in [0.15, 0.2) is 11.4 Å². The van der Waals surface area contributed by atoms with E-state index in [0.29, 0.717) is 33.8 Å². The number of methoxy groups -OCH3 is 2. The highest BCUT2D eigenvalue weighted by Crippen LogP contribution is 2.45. The van der Waals surface area contributed by atoms with E-state index in [9.17, 15) is 14.7 Å². The fourth-order valence-electron chi connectivity index (χ4n) is 3.77. The van der Waals surface area contributed by atoms with Gasteiger partial charge >= 0.3 is 0 Å². The Balaban J connectivity index is 1.73. The van der Waals surface area contributed by atoms with Gasteiger partial charge in [-0.05, 0) is 47.8 Å². The highest BCUT2D eigenvalue weighted by Gasteiger charge is 2.51. The molecule has 160 valence electrons. The number of carbonyl (C=O) groups is 2. The molecule has 3 aromatic rings. The van der Waals surface area contributed by atoms with Gasteiger partial charge in [-0.2, -0.15) is 0 Å². The zero-order valence-electron chi connectivity index (χ0n) is 16.9. The van der Waals surface area contributed by atoms with Crippen LogP contribution in [0.3, 0.4) is 0 Å². The summed E-state index contributed by atoms with van der Waals surface area (Å²) < 4.78 is 11.2. The van der Waals surface area contributed by atoms with Gasteiger partial charge in [-0.25, -0.2) is 0 Å². The number of hydrogen-bond acceptors (Lipinski definition) is 6. The molecule has 0 spiro atoms. The van der Waals surface area contributed by atoms with Crippen molar-refractivity contribution in [1.29, 1.82) is 0 Å². The molecule has 0 saturated carbocycles. The predicted molar refractivity (Wildman–Crippen MR) is 122 cm³/mol. The Kier molecular flexibility index (Phi) is 5.88. The van der Waals surface area contributed by atoms with Gasteiger partial charge in [-0.1, -0.05) is 22.0 Å². The number of hydrogen-bond donors (Lipinski definition) is 1. The van der Waals surface area contributed by atoms with E-state index in [0.717, 1.165) is 4.88 Å². The third-order valence-corrected chi connectivity index (χ3v) is 6.67. The number of fused-ring (bicyclic) bond motifs is 1. The van der Waals surface area contributed by atoms with Gasteiger partial charge in [0.25, 0.3) is 5.91 Å². The molecule has 0 bridgehead atoms. The normalized spacial score (nSPS) is 17.5. The van der Waals surface area contributed by atoms with Gasteiger partial charge in [0, 0.05) is 14.9 Å². The van der Waals surface area contributed by atoms with Crippen LogP contribution in [0.5, 0.6) is 11.5 Å². The molecule has 0 saturated heterocycles.